The molecular weight excluding hydrogens is 274 g/mol. The average Bonchev–Trinajstić information content (AvgIpc) is 2.54. The fraction of sp³-hybridized carbons (Fsp3) is 0.278. The first-order chi connectivity index (χ1) is 10.6. The summed E-state index contributed by atoms with van der Waals surface area (Å²) in [6.45, 7) is 1.17. The summed E-state index contributed by atoms with van der Waals surface area (Å²) in [6, 6.07) is 18.1. The van der Waals surface area contributed by atoms with E-state index in [-0.39, 0.29) is 6.03 Å². The predicted octanol–water partition coefficient (Wildman–Crippen LogP) is 2.79. The Balaban J connectivity index is 1.69. The summed E-state index contributed by atoms with van der Waals surface area (Å²) >= 11 is 0. The lowest BCUT2D eigenvalue weighted by Crippen LogP contribution is -2.36. The molecule has 116 valence electrons. The van der Waals surface area contributed by atoms with Gasteiger partial charge in [0.2, 0.25) is 0 Å². The molecule has 2 aromatic rings. The van der Waals surface area contributed by atoms with E-state index in [4.69, 9.17) is 0 Å². The third kappa shape index (κ3) is 5.13. The minimum Gasteiger partial charge on any atom is -0.378 e. The van der Waals surface area contributed by atoms with Gasteiger partial charge < -0.3 is 15.5 Å². The van der Waals surface area contributed by atoms with E-state index >= 15 is 0 Å². The molecule has 0 unspecified atom stereocenters. The molecule has 0 radical (unpaired) electrons. The summed E-state index contributed by atoms with van der Waals surface area (Å²) in [7, 11) is 4.01. The molecule has 0 saturated heterocycles. The molecule has 0 aromatic heterocycles. The highest BCUT2D eigenvalue weighted by molar-refractivity contribution is 5.73. The molecule has 0 aliphatic carbocycles. The van der Waals surface area contributed by atoms with Crippen LogP contribution in [0.25, 0.3) is 0 Å². The molecule has 0 aliphatic heterocycles. The quantitative estimate of drug-likeness (QED) is 0.861. The van der Waals surface area contributed by atoms with Crippen LogP contribution >= 0.6 is 0 Å². The fourth-order valence-corrected chi connectivity index (χ4v) is 2.12. The molecule has 4 heteroatoms. The topological polar surface area (TPSA) is 44.4 Å². The van der Waals surface area contributed by atoms with Gasteiger partial charge >= 0.3 is 6.03 Å². The summed E-state index contributed by atoms with van der Waals surface area (Å²) in [5, 5.41) is 5.74. The Morgan fingerprint density at radius 2 is 1.59 bits per heavy atom. The highest BCUT2D eigenvalue weighted by Crippen LogP contribution is 2.11. The van der Waals surface area contributed by atoms with Crippen LogP contribution in [0.3, 0.4) is 0 Å². The normalized spacial score (nSPS) is 10.1. The molecule has 0 heterocycles. The molecule has 0 bridgehead atoms. The largest absolute Gasteiger partial charge is 0.378 e. The number of rotatable bonds is 6. The van der Waals surface area contributed by atoms with Gasteiger partial charge in [-0.25, -0.2) is 4.79 Å². The molecule has 2 N–H and O–H groups in total. The number of carbonyl (C=O) groups is 1. The number of hydrogen-bond acceptors (Lipinski definition) is 2. The van der Waals surface area contributed by atoms with Crippen molar-refractivity contribution in [3.8, 4) is 0 Å². The maximum Gasteiger partial charge on any atom is 0.315 e. The number of benzene rings is 2. The molecule has 2 amide bonds. The minimum atomic E-state index is -0.132. The number of carbonyl (C=O) groups excluding carboxylic acids is 1. The van der Waals surface area contributed by atoms with Gasteiger partial charge in [-0.2, -0.15) is 0 Å². The van der Waals surface area contributed by atoms with Gasteiger partial charge in [0.1, 0.15) is 0 Å². The van der Waals surface area contributed by atoms with Crippen molar-refractivity contribution >= 4 is 11.7 Å². The van der Waals surface area contributed by atoms with Crippen molar-refractivity contribution in [2.45, 2.75) is 13.0 Å². The van der Waals surface area contributed by atoms with Crippen LogP contribution in [-0.2, 0) is 13.0 Å². The maximum atomic E-state index is 11.8. The van der Waals surface area contributed by atoms with Crippen molar-refractivity contribution in [2.75, 3.05) is 25.5 Å². The summed E-state index contributed by atoms with van der Waals surface area (Å²) in [4.78, 5) is 13.8. The van der Waals surface area contributed by atoms with Gasteiger partial charge in [-0.15, -0.1) is 0 Å². The highest BCUT2D eigenvalue weighted by atomic mass is 16.2. The number of anilines is 1. The van der Waals surface area contributed by atoms with Gasteiger partial charge in [0.15, 0.2) is 0 Å². The molecule has 0 aliphatic rings. The first-order valence-corrected chi connectivity index (χ1v) is 7.47. The molecule has 2 rings (SSSR count). The van der Waals surface area contributed by atoms with Gasteiger partial charge in [-0.05, 0) is 29.7 Å². The predicted molar refractivity (Wildman–Crippen MR) is 91.2 cm³/mol. The second-order valence-corrected chi connectivity index (χ2v) is 5.41. The van der Waals surface area contributed by atoms with Crippen LogP contribution < -0.4 is 15.5 Å². The lowest BCUT2D eigenvalue weighted by molar-refractivity contribution is 0.240. The molecule has 0 saturated carbocycles. The van der Waals surface area contributed by atoms with Crippen LogP contribution in [0.4, 0.5) is 10.5 Å². The van der Waals surface area contributed by atoms with Gasteiger partial charge in [-0.1, -0.05) is 42.5 Å². The van der Waals surface area contributed by atoms with Crippen LogP contribution in [0.5, 0.6) is 0 Å². The van der Waals surface area contributed by atoms with Gasteiger partial charge in [-0.3, -0.25) is 0 Å². The maximum absolute atomic E-state index is 11.8. The third-order valence-corrected chi connectivity index (χ3v) is 3.45. The third-order valence-electron chi connectivity index (χ3n) is 3.45. The summed E-state index contributed by atoms with van der Waals surface area (Å²) in [5.74, 6) is 0. The van der Waals surface area contributed by atoms with E-state index in [1.807, 2.05) is 61.5 Å². The van der Waals surface area contributed by atoms with Crippen LogP contribution in [0.1, 0.15) is 11.1 Å². The lowest BCUT2D eigenvalue weighted by Gasteiger charge is -2.13. The van der Waals surface area contributed by atoms with E-state index in [2.05, 4.69) is 22.8 Å². The fourth-order valence-electron chi connectivity index (χ4n) is 2.12. The number of nitrogens with zero attached hydrogens (tertiary/aromatic N) is 1. The summed E-state index contributed by atoms with van der Waals surface area (Å²) in [6.07, 6.45) is 0.839. The zero-order valence-electron chi connectivity index (χ0n) is 13.2. The highest BCUT2D eigenvalue weighted by Gasteiger charge is 2.01. The standard InChI is InChI=1S/C18H23N3O/c1-21(2)17-10-8-16(9-11-17)14-20-18(22)19-13-12-15-6-4-3-5-7-15/h3-11H,12-14H2,1-2H3,(H2,19,20,22). The van der Waals surface area contributed by atoms with Crippen molar-refractivity contribution < 1.29 is 4.79 Å². The van der Waals surface area contributed by atoms with E-state index in [1.54, 1.807) is 0 Å². The molecule has 2 aromatic carbocycles. The lowest BCUT2D eigenvalue weighted by atomic mass is 10.1. The van der Waals surface area contributed by atoms with E-state index in [0.717, 1.165) is 17.7 Å². The van der Waals surface area contributed by atoms with E-state index in [9.17, 15) is 4.79 Å². The van der Waals surface area contributed by atoms with E-state index in [0.29, 0.717) is 13.1 Å². The van der Waals surface area contributed by atoms with Crippen molar-refractivity contribution in [2.24, 2.45) is 0 Å². The Bertz CT molecular complexity index is 579. The number of hydrogen-bond donors (Lipinski definition) is 2. The second-order valence-electron chi connectivity index (χ2n) is 5.41. The van der Waals surface area contributed by atoms with Crippen molar-refractivity contribution in [3.05, 3.63) is 65.7 Å². The molecule has 0 fully saturated rings. The Kier molecular flexibility index (Phi) is 5.83. The van der Waals surface area contributed by atoms with Crippen LogP contribution in [0.2, 0.25) is 0 Å². The minimum absolute atomic E-state index is 0.132. The average molecular weight is 297 g/mol. The van der Waals surface area contributed by atoms with Crippen molar-refractivity contribution in [3.63, 3.8) is 0 Å². The van der Waals surface area contributed by atoms with Crippen LogP contribution in [-0.4, -0.2) is 26.7 Å². The van der Waals surface area contributed by atoms with Crippen LogP contribution in [0.15, 0.2) is 54.6 Å². The summed E-state index contributed by atoms with van der Waals surface area (Å²) < 4.78 is 0. The Morgan fingerprint density at radius 3 is 2.23 bits per heavy atom. The molecule has 22 heavy (non-hydrogen) atoms. The number of urea groups is 1. The Morgan fingerprint density at radius 1 is 0.909 bits per heavy atom. The van der Waals surface area contributed by atoms with Crippen LogP contribution in [0, 0.1) is 0 Å². The molecule has 4 nitrogen and oxygen atoms in total. The Hall–Kier alpha value is -2.49. The summed E-state index contributed by atoms with van der Waals surface area (Å²) in [5.41, 5.74) is 3.46. The molecule has 0 atom stereocenters. The number of amides is 2. The van der Waals surface area contributed by atoms with E-state index < -0.39 is 0 Å². The first kappa shape index (κ1) is 15.9. The molecular formula is C18H23N3O. The first-order valence-electron chi connectivity index (χ1n) is 7.47. The number of nitrogens with one attached hydrogen (secondary N) is 2. The van der Waals surface area contributed by atoms with Crippen molar-refractivity contribution in [1.82, 2.24) is 10.6 Å². The van der Waals surface area contributed by atoms with Gasteiger partial charge in [0, 0.05) is 32.9 Å². The van der Waals surface area contributed by atoms with E-state index in [1.165, 1.54) is 5.56 Å². The van der Waals surface area contributed by atoms with Gasteiger partial charge in [0.25, 0.3) is 0 Å². The zero-order chi connectivity index (χ0) is 15.8. The molecule has 0 spiro atoms. The second kappa shape index (κ2) is 8.08. The van der Waals surface area contributed by atoms with Crippen molar-refractivity contribution in [1.29, 1.82) is 0 Å². The monoisotopic (exact) mass is 297 g/mol. The Labute approximate surface area is 132 Å². The zero-order valence-corrected chi connectivity index (χ0v) is 13.2. The SMILES string of the molecule is CN(C)c1ccc(CNC(=O)NCCc2ccccc2)cc1. The van der Waals surface area contributed by atoms with Gasteiger partial charge in [0.05, 0.1) is 0 Å². The smallest absolute Gasteiger partial charge is 0.315 e.